The molecule has 1 amide bonds. The van der Waals surface area contributed by atoms with Crippen molar-refractivity contribution in [3.63, 3.8) is 0 Å². The normalized spacial score (nSPS) is 18.3. The summed E-state index contributed by atoms with van der Waals surface area (Å²) in [5.41, 5.74) is 2.56. The maximum absolute atomic E-state index is 13.6. The van der Waals surface area contributed by atoms with E-state index in [-0.39, 0.29) is 17.1 Å². The largest absolute Gasteiger partial charge is 0.295 e. The summed E-state index contributed by atoms with van der Waals surface area (Å²) < 4.78 is 14.5. The number of benzene rings is 2. The molecule has 1 aliphatic heterocycles. The number of amides is 1. The Hall–Kier alpha value is -1.33. The number of thioether (sulfide) groups is 1. The van der Waals surface area contributed by atoms with Gasteiger partial charge in [0.05, 0.1) is 11.4 Å². The van der Waals surface area contributed by atoms with Crippen LogP contribution in [-0.4, -0.2) is 11.7 Å². The third-order valence-corrected chi connectivity index (χ3v) is 5.39. The highest BCUT2D eigenvalue weighted by Gasteiger charge is 2.35. The van der Waals surface area contributed by atoms with Crippen molar-refractivity contribution < 1.29 is 9.18 Å². The molecular formula is C16H13BrFNOS. The molecule has 108 valence electrons. The Morgan fingerprint density at radius 2 is 2.05 bits per heavy atom. The fraction of sp³-hybridized carbons (Fsp3) is 0.188. The number of carbonyl (C=O) groups excluding carboxylic acids is 1. The highest BCUT2D eigenvalue weighted by Crippen LogP contribution is 2.44. The van der Waals surface area contributed by atoms with Crippen LogP contribution in [0.4, 0.5) is 10.1 Å². The van der Waals surface area contributed by atoms with E-state index < -0.39 is 0 Å². The van der Waals surface area contributed by atoms with Crippen LogP contribution >= 0.6 is 27.7 Å². The molecule has 0 spiro atoms. The minimum Gasteiger partial charge on any atom is -0.295 e. The Bertz CT molecular complexity index is 706. The van der Waals surface area contributed by atoms with Crippen LogP contribution in [0.3, 0.4) is 0 Å². The molecule has 3 rings (SSSR count). The minimum absolute atomic E-state index is 0.00875. The standard InChI is InChI=1S/C16H13BrFNOS/c1-10-6-7-11(18)8-14(10)19-15(20)9-21-16(19)12-4-2-3-5-13(12)17/h2-8,16H,9H2,1H3/t16-/m1/s1. The fourth-order valence-electron chi connectivity index (χ4n) is 2.43. The van der Waals surface area contributed by atoms with E-state index in [1.165, 1.54) is 12.1 Å². The third kappa shape index (κ3) is 2.72. The van der Waals surface area contributed by atoms with Crippen molar-refractivity contribution in [3.05, 3.63) is 63.9 Å². The van der Waals surface area contributed by atoms with E-state index in [0.717, 1.165) is 15.6 Å². The summed E-state index contributed by atoms with van der Waals surface area (Å²) in [6.07, 6.45) is 0. The average molecular weight is 366 g/mol. The Labute approximate surface area is 135 Å². The van der Waals surface area contributed by atoms with Crippen LogP contribution < -0.4 is 4.90 Å². The second kappa shape index (κ2) is 5.81. The van der Waals surface area contributed by atoms with Crippen molar-refractivity contribution in [2.45, 2.75) is 12.3 Å². The van der Waals surface area contributed by atoms with Crippen molar-refractivity contribution in [2.75, 3.05) is 10.7 Å². The van der Waals surface area contributed by atoms with Gasteiger partial charge in [0, 0.05) is 4.47 Å². The van der Waals surface area contributed by atoms with E-state index in [9.17, 15) is 9.18 Å². The molecule has 2 aromatic carbocycles. The molecule has 2 aromatic rings. The van der Waals surface area contributed by atoms with Crippen molar-refractivity contribution >= 4 is 39.3 Å². The molecule has 0 N–H and O–H groups in total. The second-order valence-corrected chi connectivity index (χ2v) is 6.80. The van der Waals surface area contributed by atoms with Gasteiger partial charge in [-0.3, -0.25) is 9.69 Å². The topological polar surface area (TPSA) is 20.3 Å². The van der Waals surface area contributed by atoms with Crippen LogP contribution in [-0.2, 0) is 4.79 Å². The van der Waals surface area contributed by atoms with Crippen molar-refractivity contribution in [1.29, 1.82) is 0 Å². The number of hydrogen-bond acceptors (Lipinski definition) is 2. The third-order valence-electron chi connectivity index (χ3n) is 3.47. The Balaban J connectivity index is 2.08. The van der Waals surface area contributed by atoms with Gasteiger partial charge in [0.2, 0.25) is 5.91 Å². The fourth-order valence-corrected chi connectivity index (χ4v) is 4.29. The molecule has 1 fully saturated rings. The first-order valence-electron chi connectivity index (χ1n) is 6.52. The van der Waals surface area contributed by atoms with Crippen molar-refractivity contribution in [1.82, 2.24) is 0 Å². The summed E-state index contributed by atoms with van der Waals surface area (Å²) in [5, 5.41) is -0.131. The molecule has 1 heterocycles. The average Bonchev–Trinajstić information content (AvgIpc) is 2.84. The van der Waals surface area contributed by atoms with Crippen LogP contribution in [0.25, 0.3) is 0 Å². The Morgan fingerprint density at radius 1 is 1.29 bits per heavy atom. The quantitative estimate of drug-likeness (QED) is 0.770. The molecule has 0 radical (unpaired) electrons. The van der Waals surface area contributed by atoms with E-state index in [1.807, 2.05) is 31.2 Å². The zero-order valence-electron chi connectivity index (χ0n) is 11.3. The van der Waals surface area contributed by atoms with Crippen LogP contribution in [0.5, 0.6) is 0 Å². The van der Waals surface area contributed by atoms with Crippen molar-refractivity contribution in [2.24, 2.45) is 0 Å². The van der Waals surface area contributed by atoms with E-state index in [4.69, 9.17) is 0 Å². The first-order chi connectivity index (χ1) is 10.1. The molecule has 2 nitrogen and oxygen atoms in total. The maximum Gasteiger partial charge on any atom is 0.238 e. The van der Waals surface area contributed by atoms with Gasteiger partial charge in [-0.2, -0.15) is 0 Å². The van der Waals surface area contributed by atoms with Crippen LogP contribution in [0, 0.1) is 12.7 Å². The second-order valence-electron chi connectivity index (χ2n) is 4.88. The lowest BCUT2D eigenvalue weighted by molar-refractivity contribution is -0.115. The molecule has 0 saturated carbocycles. The van der Waals surface area contributed by atoms with Crippen LogP contribution in [0.1, 0.15) is 16.5 Å². The number of rotatable bonds is 2. The lowest BCUT2D eigenvalue weighted by atomic mass is 10.1. The van der Waals surface area contributed by atoms with Gasteiger partial charge in [0.1, 0.15) is 11.2 Å². The molecule has 0 aliphatic carbocycles. The van der Waals surface area contributed by atoms with Gasteiger partial charge in [0.25, 0.3) is 0 Å². The Morgan fingerprint density at radius 3 is 2.81 bits per heavy atom. The summed E-state index contributed by atoms with van der Waals surface area (Å²) >= 11 is 5.09. The monoisotopic (exact) mass is 365 g/mol. The lowest BCUT2D eigenvalue weighted by Crippen LogP contribution is -2.28. The smallest absolute Gasteiger partial charge is 0.238 e. The van der Waals surface area contributed by atoms with Gasteiger partial charge in [-0.05, 0) is 36.2 Å². The highest BCUT2D eigenvalue weighted by atomic mass is 79.9. The van der Waals surface area contributed by atoms with Crippen LogP contribution in [0.15, 0.2) is 46.9 Å². The first-order valence-corrected chi connectivity index (χ1v) is 8.36. The molecular weight excluding hydrogens is 353 g/mol. The van der Waals surface area contributed by atoms with E-state index >= 15 is 0 Å². The summed E-state index contributed by atoms with van der Waals surface area (Å²) in [6.45, 7) is 1.89. The molecule has 0 unspecified atom stereocenters. The zero-order chi connectivity index (χ0) is 15.0. The molecule has 1 saturated heterocycles. The predicted molar refractivity (Wildman–Crippen MR) is 88.0 cm³/mol. The van der Waals surface area contributed by atoms with Gasteiger partial charge >= 0.3 is 0 Å². The highest BCUT2D eigenvalue weighted by molar-refractivity contribution is 9.10. The molecule has 21 heavy (non-hydrogen) atoms. The van der Waals surface area contributed by atoms with Gasteiger partial charge in [-0.25, -0.2) is 4.39 Å². The predicted octanol–water partition coefficient (Wildman–Crippen LogP) is 4.68. The minimum atomic E-state index is -0.328. The number of anilines is 1. The SMILES string of the molecule is Cc1ccc(F)cc1N1C(=O)CS[C@@H]1c1ccccc1Br. The summed E-state index contributed by atoms with van der Waals surface area (Å²) in [7, 11) is 0. The number of nitrogens with zero attached hydrogens (tertiary/aromatic N) is 1. The molecule has 5 heteroatoms. The van der Waals surface area contributed by atoms with E-state index in [1.54, 1.807) is 22.7 Å². The lowest BCUT2D eigenvalue weighted by Gasteiger charge is -2.26. The van der Waals surface area contributed by atoms with Gasteiger partial charge in [0.15, 0.2) is 0 Å². The molecule has 0 bridgehead atoms. The molecule has 0 aromatic heterocycles. The molecule has 1 atom stereocenters. The van der Waals surface area contributed by atoms with Gasteiger partial charge < -0.3 is 0 Å². The van der Waals surface area contributed by atoms with Gasteiger partial charge in [-0.1, -0.05) is 40.2 Å². The first kappa shape index (κ1) is 14.6. The number of halogens is 2. The number of hydrogen-bond donors (Lipinski definition) is 0. The Kier molecular flexibility index (Phi) is 4.04. The van der Waals surface area contributed by atoms with Gasteiger partial charge in [-0.15, -0.1) is 11.8 Å². The number of aryl methyl sites for hydroxylation is 1. The summed E-state index contributed by atoms with van der Waals surface area (Å²) in [5.74, 6) is 0.0859. The van der Waals surface area contributed by atoms with Crippen molar-refractivity contribution in [3.8, 4) is 0 Å². The van der Waals surface area contributed by atoms with E-state index in [0.29, 0.717) is 11.4 Å². The van der Waals surface area contributed by atoms with Crippen LogP contribution in [0.2, 0.25) is 0 Å². The number of carbonyl (C=O) groups is 1. The summed E-state index contributed by atoms with van der Waals surface area (Å²) in [6, 6.07) is 12.4. The van der Waals surface area contributed by atoms with E-state index in [2.05, 4.69) is 15.9 Å². The maximum atomic E-state index is 13.6. The zero-order valence-corrected chi connectivity index (χ0v) is 13.7. The summed E-state index contributed by atoms with van der Waals surface area (Å²) in [4.78, 5) is 14.0. The molecule has 1 aliphatic rings.